The van der Waals surface area contributed by atoms with E-state index in [1.807, 2.05) is 12.2 Å². The van der Waals surface area contributed by atoms with Crippen LogP contribution in [0.1, 0.15) is 59.4 Å². The first-order valence-corrected chi connectivity index (χ1v) is 14.7. The van der Waals surface area contributed by atoms with Crippen LogP contribution in [0.2, 0.25) is 0 Å². The average molecular weight is 611 g/mol. The molecule has 0 radical (unpaired) electrons. The minimum Gasteiger partial charge on any atom is -0.508 e. The number of hydrogen-bond acceptors (Lipinski definition) is 8. The molecule has 0 spiro atoms. The molecule has 1 aromatic rings. The molecule has 0 saturated heterocycles. The summed E-state index contributed by atoms with van der Waals surface area (Å²) >= 11 is 0. The number of amides is 2. The van der Waals surface area contributed by atoms with Gasteiger partial charge in [0.1, 0.15) is 23.6 Å². The van der Waals surface area contributed by atoms with Crippen LogP contribution >= 0.6 is 0 Å². The lowest BCUT2D eigenvalue weighted by atomic mass is 9.90. The Kier molecular flexibility index (Phi) is 14.6. The summed E-state index contributed by atoms with van der Waals surface area (Å²) in [7, 11) is 1.48. The van der Waals surface area contributed by atoms with Crippen LogP contribution in [-0.2, 0) is 30.3 Å². The Bertz CT molecular complexity index is 1310. The summed E-state index contributed by atoms with van der Waals surface area (Å²) in [6.45, 7) is 8.49. The average Bonchev–Trinajstić information content (AvgIpc) is 2.99. The van der Waals surface area contributed by atoms with Gasteiger partial charge in [-0.2, -0.15) is 0 Å². The lowest BCUT2D eigenvalue weighted by Crippen LogP contribution is -2.43. The van der Waals surface area contributed by atoms with Gasteiger partial charge in [0.2, 0.25) is 11.8 Å². The molecule has 1 heterocycles. The van der Waals surface area contributed by atoms with Crippen molar-refractivity contribution in [2.45, 2.75) is 84.7 Å². The number of aliphatic hydroxyl groups excluding tert-OH is 1. The van der Waals surface area contributed by atoms with Gasteiger partial charge in [-0.05, 0) is 57.7 Å². The fraction of sp³-hybridized carbons (Fsp3) is 0.441. The Morgan fingerprint density at radius 1 is 1.16 bits per heavy atom. The monoisotopic (exact) mass is 610 g/mol. The third-order valence-electron chi connectivity index (χ3n) is 7.49. The molecule has 0 aliphatic carbocycles. The van der Waals surface area contributed by atoms with Gasteiger partial charge in [-0.15, -0.1) is 0 Å². The van der Waals surface area contributed by atoms with Gasteiger partial charge in [0.05, 0.1) is 24.3 Å². The van der Waals surface area contributed by atoms with E-state index in [-0.39, 0.29) is 29.5 Å². The fourth-order valence-corrected chi connectivity index (χ4v) is 4.50. The number of carbonyl (C=O) groups is 3. The highest BCUT2D eigenvalue weighted by Crippen LogP contribution is 2.34. The molecule has 1 aromatic carbocycles. The van der Waals surface area contributed by atoms with Gasteiger partial charge < -0.3 is 35.4 Å². The summed E-state index contributed by atoms with van der Waals surface area (Å²) in [6.07, 6.45) is 12.9. The maximum absolute atomic E-state index is 13.0. The molecular weight excluding hydrogens is 564 g/mol. The number of benzene rings is 1. The van der Waals surface area contributed by atoms with Gasteiger partial charge in [-0.25, -0.2) is 4.79 Å². The van der Waals surface area contributed by atoms with Crippen LogP contribution in [0, 0.1) is 5.92 Å². The van der Waals surface area contributed by atoms with Crippen molar-refractivity contribution in [3.63, 3.8) is 0 Å². The van der Waals surface area contributed by atoms with E-state index in [0.717, 1.165) is 0 Å². The van der Waals surface area contributed by atoms with E-state index in [9.17, 15) is 29.7 Å². The van der Waals surface area contributed by atoms with Crippen molar-refractivity contribution in [2.24, 2.45) is 5.92 Å². The number of aryl methyl sites for hydroxylation is 1. The maximum atomic E-state index is 13.0. The molecule has 0 saturated carbocycles. The van der Waals surface area contributed by atoms with Gasteiger partial charge in [0, 0.05) is 31.1 Å². The predicted molar refractivity (Wildman–Crippen MR) is 170 cm³/mol. The van der Waals surface area contributed by atoms with E-state index in [4.69, 9.17) is 9.47 Å². The summed E-state index contributed by atoms with van der Waals surface area (Å²) < 4.78 is 11.2. The Labute approximate surface area is 259 Å². The van der Waals surface area contributed by atoms with Crippen LogP contribution < -0.4 is 10.6 Å². The van der Waals surface area contributed by atoms with Crippen molar-refractivity contribution in [3.8, 4) is 11.5 Å². The van der Waals surface area contributed by atoms with Gasteiger partial charge >= 0.3 is 5.97 Å². The molecule has 0 unspecified atom stereocenters. The molecule has 240 valence electrons. The van der Waals surface area contributed by atoms with Crippen LogP contribution in [0.25, 0.3) is 0 Å². The summed E-state index contributed by atoms with van der Waals surface area (Å²) in [4.78, 5) is 37.8. The number of aliphatic hydroxyl groups is 1. The first kappa shape index (κ1) is 36.0. The van der Waals surface area contributed by atoms with E-state index < -0.39 is 42.1 Å². The zero-order valence-corrected chi connectivity index (χ0v) is 26.4. The number of methoxy groups -OCH3 is 1. The Morgan fingerprint density at radius 2 is 1.86 bits per heavy atom. The molecule has 10 nitrogen and oxygen atoms in total. The van der Waals surface area contributed by atoms with Crippen molar-refractivity contribution in [1.29, 1.82) is 0 Å². The number of phenolic OH excluding ortho intramolecular Hbond substituents is 2. The van der Waals surface area contributed by atoms with Gasteiger partial charge in [0.15, 0.2) is 0 Å². The van der Waals surface area contributed by atoms with E-state index in [1.165, 1.54) is 19.2 Å². The predicted octanol–water partition coefficient (Wildman–Crippen LogP) is 4.77. The first-order valence-electron chi connectivity index (χ1n) is 14.7. The number of aromatic hydroxyl groups is 2. The lowest BCUT2D eigenvalue weighted by Gasteiger charge is -2.29. The zero-order chi connectivity index (χ0) is 32.8. The van der Waals surface area contributed by atoms with Crippen LogP contribution in [-0.4, -0.2) is 64.6 Å². The lowest BCUT2D eigenvalue weighted by molar-refractivity contribution is -0.156. The Hall–Kier alpha value is -4.15. The van der Waals surface area contributed by atoms with E-state index in [0.29, 0.717) is 36.0 Å². The second kappa shape index (κ2) is 17.8. The highest BCUT2D eigenvalue weighted by atomic mass is 16.5. The Morgan fingerprint density at radius 3 is 2.55 bits per heavy atom. The molecule has 1 aliphatic heterocycles. The van der Waals surface area contributed by atoms with Crippen molar-refractivity contribution >= 4 is 23.5 Å². The molecule has 0 aromatic heterocycles. The smallest absolute Gasteiger partial charge is 0.328 e. The van der Waals surface area contributed by atoms with E-state index in [2.05, 4.69) is 10.6 Å². The molecule has 2 amide bonds. The van der Waals surface area contributed by atoms with Gasteiger partial charge in [-0.3, -0.25) is 9.59 Å². The summed E-state index contributed by atoms with van der Waals surface area (Å²) in [5.74, 6) is -2.15. The second-order valence-electron chi connectivity index (χ2n) is 10.9. The summed E-state index contributed by atoms with van der Waals surface area (Å²) in [5, 5.41) is 37.5. The van der Waals surface area contributed by atoms with E-state index >= 15 is 0 Å². The number of anilines is 1. The number of nitrogens with one attached hydrogen (secondary N) is 2. The summed E-state index contributed by atoms with van der Waals surface area (Å²) in [5.41, 5.74) is 1.63. The molecular formula is C34H46N2O8. The highest BCUT2D eigenvalue weighted by molar-refractivity contribution is 5.95. The van der Waals surface area contributed by atoms with Gasteiger partial charge in [0.25, 0.3) is 0 Å². The molecule has 2 rings (SSSR count). The summed E-state index contributed by atoms with van der Waals surface area (Å²) in [6, 6.07) is 1.81. The topological polar surface area (TPSA) is 154 Å². The second-order valence-corrected chi connectivity index (χ2v) is 10.9. The quantitative estimate of drug-likeness (QED) is 0.105. The minimum atomic E-state index is -0.956. The standard InChI is InChI=1S/C34H46N2O8/c1-7-21(2)33(41)35-24(5)34(42)44-29-17-12-10-8-9-11-16-27(43-6)20-30(38)36-28-19-26(37)18-25(32(28)40)15-13-14-22(3)31(39)23(29)4/h7-12,14,16,18-19,23-24,27,29,31,37,39-40H,13,15,17,20H2,1-6H3,(H,35,41)(H,36,38)/b9-8+,12-10-,16-11+,21-7+,22-14+/t23-,24-,27+,29+,31+/m1/s1. The van der Waals surface area contributed by atoms with Crippen LogP contribution in [0.5, 0.6) is 11.5 Å². The Balaban J connectivity index is 2.36. The van der Waals surface area contributed by atoms with Crippen LogP contribution in [0.4, 0.5) is 5.69 Å². The number of allylic oxidation sites excluding steroid dienone is 6. The van der Waals surface area contributed by atoms with Crippen LogP contribution in [0.3, 0.4) is 0 Å². The maximum Gasteiger partial charge on any atom is 0.328 e. The van der Waals surface area contributed by atoms with Crippen molar-refractivity contribution in [2.75, 3.05) is 12.4 Å². The number of rotatable bonds is 5. The molecule has 1 aliphatic rings. The number of esters is 1. The molecule has 44 heavy (non-hydrogen) atoms. The largest absolute Gasteiger partial charge is 0.508 e. The molecule has 5 N–H and O–H groups in total. The number of carbonyl (C=O) groups excluding carboxylic acids is 3. The SMILES string of the molecule is C/C=C(\C)C(=O)N[C@H](C)C(=O)O[C@H]1C\C=C/C=C/C=C/[C@H](OC)CC(=O)Nc2cc(O)cc(c2O)CC/C=C(\C)[C@H](O)[C@@H]1C. The zero-order valence-electron chi connectivity index (χ0n) is 26.4. The number of phenols is 2. The molecule has 2 bridgehead atoms. The van der Waals surface area contributed by atoms with Crippen molar-refractivity contribution in [3.05, 3.63) is 77.5 Å². The van der Waals surface area contributed by atoms with E-state index in [1.54, 1.807) is 71.1 Å². The van der Waals surface area contributed by atoms with Crippen molar-refractivity contribution in [1.82, 2.24) is 5.32 Å². The fourth-order valence-electron chi connectivity index (χ4n) is 4.50. The number of ether oxygens (including phenoxy) is 2. The number of hydrogen-bond donors (Lipinski definition) is 5. The minimum absolute atomic E-state index is 0.0148. The van der Waals surface area contributed by atoms with Gasteiger partial charge in [-0.1, -0.05) is 55.5 Å². The first-order chi connectivity index (χ1) is 20.9. The molecule has 0 fully saturated rings. The normalized spacial score (nSPS) is 26.5. The third kappa shape index (κ3) is 11.2. The number of fused-ring (bicyclic) bond motifs is 2. The van der Waals surface area contributed by atoms with Crippen LogP contribution in [0.15, 0.2) is 71.9 Å². The molecule has 5 atom stereocenters. The molecule has 10 heteroatoms. The highest BCUT2D eigenvalue weighted by Gasteiger charge is 2.30. The third-order valence-corrected chi connectivity index (χ3v) is 7.49. The van der Waals surface area contributed by atoms with Crippen molar-refractivity contribution < 1.29 is 39.2 Å².